The van der Waals surface area contributed by atoms with Crippen LogP contribution in [0.4, 0.5) is 11.4 Å². The van der Waals surface area contributed by atoms with Crippen molar-refractivity contribution in [1.29, 1.82) is 0 Å². The maximum Gasteiger partial charge on any atom is 0.227 e. The van der Waals surface area contributed by atoms with Gasteiger partial charge in [-0.25, -0.2) is 0 Å². The lowest BCUT2D eigenvalue weighted by Crippen LogP contribution is -2.31. The highest BCUT2D eigenvalue weighted by molar-refractivity contribution is 5.92. The minimum absolute atomic E-state index is 0.196. The standard InChI is InChI=1S/C24H39N3O/c1-4-5-6-7-19-8-10-20(11-9-19)24(28)25-21-12-14-22(15-13-21)27-17-16-23(18-27)26(2)3/h12-15,19-20,23H,4-11,16-18H2,1-3H3,(H,25,28). The first-order valence-corrected chi connectivity index (χ1v) is 11.4. The van der Waals surface area contributed by atoms with Crippen molar-refractivity contribution in [2.75, 3.05) is 37.4 Å². The van der Waals surface area contributed by atoms with E-state index in [1.807, 2.05) is 0 Å². The number of amides is 1. The van der Waals surface area contributed by atoms with E-state index in [0.717, 1.165) is 37.5 Å². The third-order valence-electron chi connectivity index (χ3n) is 6.83. The van der Waals surface area contributed by atoms with E-state index in [1.54, 1.807) is 0 Å². The van der Waals surface area contributed by atoms with Gasteiger partial charge in [-0.05, 0) is 76.4 Å². The van der Waals surface area contributed by atoms with E-state index < -0.39 is 0 Å². The maximum atomic E-state index is 12.7. The largest absolute Gasteiger partial charge is 0.370 e. The van der Waals surface area contributed by atoms with Gasteiger partial charge in [0.2, 0.25) is 5.91 Å². The number of hydrogen-bond acceptors (Lipinski definition) is 3. The molecule has 1 amide bonds. The molecule has 0 bridgehead atoms. The van der Waals surface area contributed by atoms with E-state index in [9.17, 15) is 4.79 Å². The van der Waals surface area contributed by atoms with Gasteiger partial charge in [0, 0.05) is 36.4 Å². The predicted molar refractivity (Wildman–Crippen MR) is 119 cm³/mol. The van der Waals surface area contributed by atoms with Gasteiger partial charge in [-0.15, -0.1) is 0 Å². The van der Waals surface area contributed by atoms with Crippen LogP contribution in [0, 0.1) is 11.8 Å². The molecule has 4 heteroatoms. The molecule has 1 aromatic carbocycles. The molecule has 2 aliphatic rings. The third kappa shape index (κ3) is 5.73. The topological polar surface area (TPSA) is 35.6 Å². The number of carbonyl (C=O) groups excluding carboxylic acids is 1. The molecule has 1 aliphatic heterocycles. The summed E-state index contributed by atoms with van der Waals surface area (Å²) in [5.41, 5.74) is 2.19. The highest BCUT2D eigenvalue weighted by atomic mass is 16.1. The van der Waals surface area contributed by atoms with Crippen molar-refractivity contribution >= 4 is 17.3 Å². The van der Waals surface area contributed by atoms with Crippen LogP contribution in [-0.2, 0) is 4.79 Å². The van der Waals surface area contributed by atoms with Crippen LogP contribution in [0.1, 0.15) is 64.7 Å². The molecule has 1 aromatic rings. The molecule has 4 nitrogen and oxygen atoms in total. The Kier molecular flexibility index (Phi) is 7.78. The second kappa shape index (κ2) is 10.3. The van der Waals surface area contributed by atoms with Gasteiger partial charge < -0.3 is 15.1 Å². The minimum Gasteiger partial charge on any atom is -0.370 e. The lowest BCUT2D eigenvalue weighted by atomic mass is 9.79. The number of nitrogens with zero attached hydrogens (tertiary/aromatic N) is 2. The Balaban J connectivity index is 1.44. The van der Waals surface area contributed by atoms with Gasteiger partial charge in [0.25, 0.3) is 0 Å². The third-order valence-corrected chi connectivity index (χ3v) is 6.83. The summed E-state index contributed by atoms with van der Waals surface area (Å²) in [6.45, 7) is 4.45. The van der Waals surface area contributed by atoms with Crippen LogP contribution in [0.5, 0.6) is 0 Å². The van der Waals surface area contributed by atoms with Crippen LogP contribution in [0.25, 0.3) is 0 Å². The number of rotatable bonds is 8. The molecule has 1 saturated carbocycles. The van der Waals surface area contributed by atoms with E-state index in [-0.39, 0.29) is 11.8 Å². The Morgan fingerprint density at radius 3 is 2.39 bits per heavy atom. The van der Waals surface area contributed by atoms with Crippen molar-refractivity contribution in [2.45, 2.75) is 70.8 Å². The quantitative estimate of drug-likeness (QED) is 0.629. The lowest BCUT2D eigenvalue weighted by molar-refractivity contribution is -0.121. The number of likely N-dealkylation sites (N-methyl/N-ethyl adjacent to an activating group) is 1. The zero-order chi connectivity index (χ0) is 19.9. The summed E-state index contributed by atoms with van der Waals surface area (Å²) in [6, 6.07) is 9.06. The maximum absolute atomic E-state index is 12.7. The van der Waals surface area contributed by atoms with Gasteiger partial charge in [-0.3, -0.25) is 4.79 Å². The molecule has 3 rings (SSSR count). The number of unbranched alkanes of at least 4 members (excludes halogenated alkanes) is 2. The Bertz CT molecular complexity index is 605. The van der Waals surface area contributed by atoms with Crippen LogP contribution >= 0.6 is 0 Å². The Labute approximate surface area is 171 Å². The molecule has 2 fully saturated rings. The second-order valence-corrected chi connectivity index (χ2v) is 9.10. The van der Waals surface area contributed by atoms with Gasteiger partial charge >= 0.3 is 0 Å². The molecule has 1 heterocycles. The smallest absolute Gasteiger partial charge is 0.227 e. The number of hydrogen-bond donors (Lipinski definition) is 1. The normalized spacial score (nSPS) is 25.3. The van der Waals surface area contributed by atoms with Gasteiger partial charge in [-0.2, -0.15) is 0 Å². The van der Waals surface area contributed by atoms with Crippen LogP contribution in [0.15, 0.2) is 24.3 Å². The first kappa shape index (κ1) is 21.2. The number of benzene rings is 1. The molecule has 0 aromatic heterocycles. The van der Waals surface area contributed by atoms with Crippen molar-refractivity contribution < 1.29 is 4.79 Å². The monoisotopic (exact) mass is 385 g/mol. The Hall–Kier alpha value is -1.55. The van der Waals surface area contributed by atoms with Gasteiger partial charge in [-0.1, -0.05) is 32.6 Å². The highest BCUT2D eigenvalue weighted by Crippen LogP contribution is 2.33. The van der Waals surface area contributed by atoms with Crippen LogP contribution in [0.2, 0.25) is 0 Å². The zero-order valence-electron chi connectivity index (χ0n) is 18.1. The average Bonchev–Trinajstić information content (AvgIpc) is 3.20. The van der Waals surface area contributed by atoms with Crippen molar-refractivity contribution in [1.82, 2.24) is 4.90 Å². The summed E-state index contributed by atoms with van der Waals surface area (Å²) in [5, 5.41) is 3.16. The fourth-order valence-corrected chi connectivity index (χ4v) is 4.79. The second-order valence-electron chi connectivity index (χ2n) is 9.10. The van der Waals surface area contributed by atoms with E-state index in [1.165, 1.54) is 50.6 Å². The van der Waals surface area contributed by atoms with Gasteiger partial charge in [0.1, 0.15) is 0 Å². The summed E-state index contributed by atoms with van der Waals surface area (Å²) in [4.78, 5) is 17.4. The van der Waals surface area contributed by atoms with Crippen molar-refractivity contribution in [3.05, 3.63) is 24.3 Å². The van der Waals surface area contributed by atoms with E-state index in [4.69, 9.17) is 0 Å². The minimum atomic E-state index is 0.196. The Morgan fingerprint density at radius 2 is 1.79 bits per heavy atom. The van der Waals surface area contributed by atoms with E-state index >= 15 is 0 Å². The SMILES string of the molecule is CCCCCC1CCC(C(=O)Nc2ccc(N3CCC(N(C)C)C3)cc2)CC1. The molecule has 1 aliphatic carbocycles. The van der Waals surface area contributed by atoms with E-state index in [2.05, 4.69) is 60.4 Å². The average molecular weight is 386 g/mol. The van der Waals surface area contributed by atoms with Gasteiger partial charge in [0.15, 0.2) is 0 Å². The van der Waals surface area contributed by atoms with Gasteiger partial charge in [0.05, 0.1) is 0 Å². The summed E-state index contributed by atoms with van der Waals surface area (Å²) in [5.74, 6) is 1.26. The fraction of sp³-hybridized carbons (Fsp3) is 0.708. The molecule has 1 atom stereocenters. The number of nitrogens with one attached hydrogen (secondary N) is 1. The fourth-order valence-electron chi connectivity index (χ4n) is 4.79. The van der Waals surface area contributed by atoms with Crippen molar-refractivity contribution in [3.8, 4) is 0 Å². The first-order valence-electron chi connectivity index (χ1n) is 11.4. The first-order chi connectivity index (χ1) is 13.6. The van der Waals surface area contributed by atoms with Crippen molar-refractivity contribution in [3.63, 3.8) is 0 Å². The summed E-state index contributed by atoms with van der Waals surface area (Å²) in [7, 11) is 4.32. The molecule has 1 saturated heterocycles. The molecule has 28 heavy (non-hydrogen) atoms. The summed E-state index contributed by atoms with van der Waals surface area (Å²) < 4.78 is 0. The molecule has 0 radical (unpaired) electrons. The van der Waals surface area contributed by atoms with Crippen LogP contribution in [0.3, 0.4) is 0 Å². The number of carbonyl (C=O) groups is 1. The highest BCUT2D eigenvalue weighted by Gasteiger charge is 2.26. The molecule has 156 valence electrons. The number of anilines is 2. The Morgan fingerprint density at radius 1 is 1.07 bits per heavy atom. The van der Waals surface area contributed by atoms with Crippen LogP contribution < -0.4 is 10.2 Å². The van der Waals surface area contributed by atoms with E-state index in [0.29, 0.717) is 6.04 Å². The molecule has 1 N–H and O–H groups in total. The lowest BCUT2D eigenvalue weighted by Gasteiger charge is -2.28. The molecule has 1 unspecified atom stereocenters. The summed E-state index contributed by atoms with van der Waals surface area (Å²) >= 11 is 0. The summed E-state index contributed by atoms with van der Waals surface area (Å²) in [6.07, 6.45) is 11.1. The molecule has 0 spiro atoms. The van der Waals surface area contributed by atoms with Crippen LogP contribution in [-0.4, -0.2) is 44.0 Å². The molecular formula is C24H39N3O. The van der Waals surface area contributed by atoms with Crippen molar-refractivity contribution in [2.24, 2.45) is 11.8 Å². The predicted octanol–water partition coefficient (Wildman–Crippen LogP) is 5.15. The zero-order valence-corrected chi connectivity index (χ0v) is 18.1. The molecular weight excluding hydrogens is 346 g/mol.